The fourth-order valence-electron chi connectivity index (χ4n) is 13.4. The first-order chi connectivity index (χ1) is 26.8. The predicted molar refractivity (Wildman–Crippen MR) is 199 cm³/mol. The zero-order chi connectivity index (χ0) is 42.9. The van der Waals surface area contributed by atoms with Crippen molar-refractivity contribution in [1.29, 1.82) is 0 Å². The van der Waals surface area contributed by atoms with Gasteiger partial charge >= 0.3 is 17.9 Å². The maximum Gasteiger partial charge on any atom is 0.335 e. The SMILES string of the molecule is CC1(C)[C@@H](O[C@@H]2O[C@H](C(=O)O)[C@H](O)[C@H](O)[C@H]2O[C@@H]2O[C@H](C(=O)O)[C@@H](O)[C@H](O)[C@H]2O)CC[C@]2(C)[C@H]3C(=O)C=C4[C@@H]5C[C@@](C)(C(=O)O)CC[C@]5(C)CC[C@@]4(C)[C@]3(C)CC[C@@H]12. The van der Waals surface area contributed by atoms with Gasteiger partial charge in [-0.25, -0.2) is 9.59 Å². The molecular weight excluding hydrogens is 760 g/mol. The Morgan fingerprint density at radius 2 is 1.28 bits per heavy atom. The van der Waals surface area contributed by atoms with E-state index < -0.39 is 107 Å². The second kappa shape index (κ2) is 14.3. The van der Waals surface area contributed by atoms with Gasteiger partial charge in [0.1, 0.15) is 36.6 Å². The van der Waals surface area contributed by atoms with Crippen LogP contribution in [0.1, 0.15) is 106 Å². The highest BCUT2D eigenvalue weighted by molar-refractivity contribution is 5.95. The number of aliphatic hydroxyl groups is 5. The third kappa shape index (κ3) is 6.25. The number of rotatable bonds is 7. The summed E-state index contributed by atoms with van der Waals surface area (Å²) in [6.45, 7) is 14.8. The van der Waals surface area contributed by atoms with E-state index in [-0.39, 0.29) is 34.4 Å². The van der Waals surface area contributed by atoms with Gasteiger partial charge < -0.3 is 59.8 Å². The number of fused-ring (bicyclic) bond motifs is 7. The molecule has 0 aromatic carbocycles. The van der Waals surface area contributed by atoms with Crippen molar-refractivity contribution < 1.29 is 79.0 Å². The summed E-state index contributed by atoms with van der Waals surface area (Å²) in [6.07, 6.45) is -12.2. The van der Waals surface area contributed by atoms with E-state index in [0.717, 1.165) is 37.7 Å². The van der Waals surface area contributed by atoms with Gasteiger partial charge in [0.05, 0.1) is 11.5 Å². The lowest BCUT2D eigenvalue weighted by Gasteiger charge is -2.70. The van der Waals surface area contributed by atoms with Crippen LogP contribution >= 0.6 is 0 Å². The highest BCUT2D eigenvalue weighted by atomic mass is 16.8. The van der Waals surface area contributed by atoms with Crippen LogP contribution in [0.3, 0.4) is 0 Å². The van der Waals surface area contributed by atoms with Crippen molar-refractivity contribution in [2.75, 3.05) is 0 Å². The molecule has 6 fully saturated rings. The Morgan fingerprint density at radius 3 is 1.88 bits per heavy atom. The zero-order valence-electron chi connectivity index (χ0n) is 34.4. The lowest BCUT2D eigenvalue weighted by Crippen LogP contribution is -2.68. The van der Waals surface area contributed by atoms with Gasteiger partial charge in [0.25, 0.3) is 0 Å². The van der Waals surface area contributed by atoms with Crippen LogP contribution in [0.5, 0.6) is 0 Å². The van der Waals surface area contributed by atoms with Crippen LogP contribution in [0.15, 0.2) is 11.6 Å². The van der Waals surface area contributed by atoms with Gasteiger partial charge in [-0.1, -0.05) is 47.1 Å². The standard InChI is InChI=1S/C42H62O16/c1-37(2)21-8-11-42(7)31(20(43)16-18-19-17-39(4,36(53)54)13-12-38(19,3)14-15-41(18,42)6)40(21,5)10-9-22(37)55-35-30(26(47)25(46)29(57-35)33(51)52)58-34-27(48)23(44)24(45)28(56-34)32(49)50/h16,19,21-31,34-35,44-48H,8-15,17H2,1-7H3,(H,49,50)(H,51,52)(H,53,54)/t19-,21-,22-,23-,24-,25+,26-,27+,28-,29-,30+,31+,34-,35+,38+,39-,40-,41+,42+/m0/s1. The van der Waals surface area contributed by atoms with Crippen LogP contribution in [-0.2, 0) is 38.1 Å². The lowest BCUT2D eigenvalue weighted by molar-refractivity contribution is -0.371. The highest BCUT2D eigenvalue weighted by Gasteiger charge is 2.71. The van der Waals surface area contributed by atoms with E-state index in [9.17, 15) is 60.0 Å². The molecule has 0 amide bonds. The molecule has 2 aliphatic heterocycles. The van der Waals surface area contributed by atoms with E-state index in [1.165, 1.54) is 0 Å². The van der Waals surface area contributed by atoms with Crippen molar-refractivity contribution in [2.24, 2.45) is 50.2 Å². The summed E-state index contributed by atoms with van der Waals surface area (Å²) in [7, 11) is 0. The van der Waals surface area contributed by atoms with Crippen LogP contribution in [0.4, 0.5) is 0 Å². The van der Waals surface area contributed by atoms with E-state index in [4.69, 9.17) is 18.9 Å². The maximum absolute atomic E-state index is 14.8. The van der Waals surface area contributed by atoms with Crippen LogP contribution in [0.2, 0.25) is 0 Å². The van der Waals surface area contributed by atoms with E-state index in [0.29, 0.717) is 25.7 Å². The molecule has 0 aromatic rings. The number of carbonyl (C=O) groups excluding carboxylic acids is 1. The third-order valence-corrected chi connectivity index (χ3v) is 17.2. The minimum absolute atomic E-state index is 0.0217. The Balaban J connectivity index is 1.17. The monoisotopic (exact) mass is 822 g/mol. The molecule has 4 saturated carbocycles. The summed E-state index contributed by atoms with van der Waals surface area (Å²) in [5.74, 6) is -4.47. The summed E-state index contributed by atoms with van der Waals surface area (Å²) in [4.78, 5) is 51.3. The minimum atomic E-state index is -2.05. The number of aliphatic carboxylic acids is 3. The normalized spacial score (nSPS) is 52.6. The third-order valence-electron chi connectivity index (χ3n) is 17.2. The summed E-state index contributed by atoms with van der Waals surface area (Å²) in [5.41, 5.74) is -1.81. The van der Waals surface area contributed by atoms with Gasteiger partial charge in [0, 0.05) is 5.92 Å². The van der Waals surface area contributed by atoms with Crippen LogP contribution in [0.25, 0.3) is 0 Å². The number of aliphatic hydroxyl groups excluding tert-OH is 5. The number of allylic oxidation sites excluding steroid dienone is 2. The molecule has 5 aliphatic carbocycles. The number of ether oxygens (including phenoxy) is 4. The smallest absolute Gasteiger partial charge is 0.335 e. The molecule has 16 heteroatoms. The van der Waals surface area contributed by atoms with Gasteiger partial charge in [-0.05, 0) is 110 Å². The van der Waals surface area contributed by atoms with E-state index >= 15 is 0 Å². The Bertz CT molecular complexity index is 1730. The minimum Gasteiger partial charge on any atom is -0.481 e. The van der Waals surface area contributed by atoms with Gasteiger partial charge in [0.15, 0.2) is 30.6 Å². The fourth-order valence-corrected chi connectivity index (χ4v) is 13.4. The van der Waals surface area contributed by atoms with Crippen molar-refractivity contribution >= 4 is 23.7 Å². The highest BCUT2D eigenvalue weighted by Crippen LogP contribution is 2.75. The van der Waals surface area contributed by atoms with Crippen molar-refractivity contribution in [3.05, 3.63) is 11.6 Å². The van der Waals surface area contributed by atoms with Crippen LogP contribution < -0.4 is 0 Å². The number of ketones is 1. The number of hydrogen-bond donors (Lipinski definition) is 8. The molecule has 0 unspecified atom stereocenters. The second-order valence-corrected chi connectivity index (χ2v) is 20.6. The first kappa shape index (κ1) is 43.5. The van der Waals surface area contributed by atoms with E-state index in [2.05, 4.69) is 27.7 Å². The number of carboxylic acid groups (broad SMARTS) is 3. The molecule has 19 atom stereocenters. The van der Waals surface area contributed by atoms with Gasteiger partial charge in [-0.3, -0.25) is 9.59 Å². The molecule has 58 heavy (non-hydrogen) atoms. The molecule has 7 rings (SSSR count). The first-order valence-corrected chi connectivity index (χ1v) is 20.7. The molecule has 2 heterocycles. The van der Waals surface area contributed by atoms with Crippen molar-refractivity contribution in [2.45, 2.75) is 174 Å². The summed E-state index contributed by atoms with van der Waals surface area (Å²) >= 11 is 0. The number of carbonyl (C=O) groups is 4. The van der Waals surface area contributed by atoms with E-state index in [1.807, 2.05) is 26.8 Å². The molecule has 326 valence electrons. The van der Waals surface area contributed by atoms with Crippen LogP contribution in [0, 0.1) is 50.2 Å². The lowest BCUT2D eigenvalue weighted by atomic mass is 9.33. The molecule has 0 bridgehead atoms. The van der Waals surface area contributed by atoms with Crippen molar-refractivity contribution in [3.8, 4) is 0 Å². The zero-order valence-corrected chi connectivity index (χ0v) is 34.4. The fraction of sp³-hybridized carbons (Fsp3) is 0.857. The number of hydrogen-bond acceptors (Lipinski definition) is 13. The Labute approximate surface area is 337 Å². The Hall–Kier alpha value is -2.54. The average molecular weight is 823 g/mol. The predicted octanol–water partition coefficient (Wildman–Crippen LogP) is 2.25. The summed E-state index contributed by atoms with van der Waals surface area (Å²) in [6, 6.07) is 0. The van der Waals surface area contributed by atoms with Crippen molar-refractivity contribution in [1.82, 2.24) is 0 Å². The number of carboxylic acids is 3. The van der Waals surface area contributed by atoms with E-state index in [1.54, 1.807) is 0 Å². The molecule has 0 spiro atoms. The summed E-state index contributed by atoms with van der Waals surface area (Å²) in [5, 5.41) is 83.0. The van der Waals surface area contributed by atoms with Crippen LogP contribution in [-0.4, -0.2) is 132 Å². The van der Waals surface area contributed by atoms with Gasteiger partial charge in [0.2, 0.25) is 0 Å². The topological polar surface area (TPSA) is 267 Å². The first-order valence-electron chi connectivity index (χ1n) is 20.7. The molecule has 7 aliphatic rings. The second-order valence-electron chi connectivity index (χ2n) is 20.6. The molecule has 0 aromatic heterocycles. The quantitative estimate of drug-likeness (QED) is 0.171. The molecule has 16 nitrogen and oxygen atoms in total. The molecular formula is C42H62O16. The maximum atomic E-state index is 14.8. The van der Waals surface area contributed by atoms with Gasteiger partial charge in [-0.2, -0.15) is 0 Å². The molecule has 8 N–H and O–H groups in total. The molecule has 0 radical (unpaired) electrons. The largest absolute Gasteiger partial charge is 0.481 e. The average Bonchev–Trinajstić information content (AvgIpc) is 3.13. The van der Waals surface area contributed by atoms with Crippen molar-refractivity contribution in [3.63, 3.8) is 0 Å². The molecule has 2 saturated heterocycles. The van der Waals surface area contributed by atoms with Gasteiger partial charge in [-0.15, -0.1) is 0 Å². The Kier molecular flexibility index (Phi) is 10.7. The Morgan fingerprint density at radius 1 is 0.690 bits per heavy atom. The summed E-state index contributed by atoms with van der Waals surface area (Å²) < 4.78 is 23.4.